The van der Waals surface area contributed by atoms with Crippen molar-refractivity contribution >= 4 is 0 Å². The summed E-state index contributed by atoms with van der Waals surface area (Å²) < 4.78 is 0. The number of hydrogen-bond acceptors (Lipinski definition) is 3. The SMILES string of the molecule is Cc1c(C)c(C(c2ccc(O)cc2C(C)(C)C)C(C)(C)C)c(C(c2ccc(O)cc2C(C)(C)C)C(C)(C)C)c(C(c2ccc(O)cc2C(C)(C)C)C(C)(C)C)c1C. The molecule has 0 heterocycles. The lowest BCUT2D eigenvalue weighted by Crippen LogP contribution is -2.34. The highest BCUT2D eigenvalue weighted by Crippen LogP contribution is 2.58. The average molecular weight is 775 g/mol. The van der Waals surface area contributed by atoms with Gasteiger partial charge in [0, 0.05) is 17.8 Å². The summed E-state index contributed by atoms with van der Waals surface area (Å²) in [6.07, 6.45) is 0. The van der Waals surface area contributed by atoms with E-state index in [9.17, 15) is 15.3 Å². The highest BCUT2D eigenvalue weighted by molar-refractivity contribution is 5.64. The van der Waals surface area contributed by atoms with Crippen LogP contribution in [0.25, 0.3) is 0 Å². The molecule has 0 radical (unpaired) electrons. The van der Waals surface area contributed by atoms with Gasteiger partial charge in [-0.05, 0) is 156 Å². The van der Waals surface area contributed by atoms with E-state index in [1.807, 2.05) is 36.4 Å². The molecule has 0 spiro atoms. The topological polar surface area (TPSA) is 60.7 Å². The van der Waals surface area contributed by atoms with Crippen molar-refractivity contribution in [3.63, 3.8) is 0 Å². The number of aromatic hydroxyl groups is 3. The van der Waals surface area contributed by atoms with Crippen LogP contribution in [-0.2, 0) is 16.2 Å². The smallest absolute Gasteiger partial charge is 0.115 e. The van der Waals surface area contributed by atoms with Crippen LogP contribution >= 0.6 is 0 Å². The summed E-state index contributed by atoms with van der Waals surface area (Å²) in [6, 6.07) is 18.2. The fraction of sp³-hybridized carbons (Fsp3) is 0.556. The van der Waals surface area contributed by atoms with E-state index in [1.165, 1.54) is 50.1 Å². The van der Waals surface area contributed by atoms with Gasteiger partial charge >= 0.3 is 0 Å². The predicted molar refractivity (Wildman–Crippen MR) is 245 cm³/mol. The average Bonchev–Trinajstić information content (AvgIpc) is 3.01. The number of hydrogen-bond donors (Lipinski definition) is 3. The zero-order chi connectivity index (χ0) is 43.8. The van der Waals surface area contributed by atoms with E-state index in [0.717, 1.165) is 16.7 Å². The standard InChI is InChI=1S/C54H78O3/c1-31-32(2)43(46(52(13,14)15)37-25-22-34(55)28-40(37)49(4,5)6)45(48(54(19,20)21)39-27-24-36(57)30-42(39)51(10,11)12)44(33(31)3)47(53(16,17)18)38-26-23-35(56)29-41(38)50(7,8)9/h22-30,46-48,55-57H,1-21H3. The molecule has 3 nitrogen and oxygen atoms in total. The van der Waals surface area contributed by atoms with Crippen molar-refractivity contribution in [2.24, 2.45) is 16.2 Å². The lowest BCUT2D eigenvalue weighted by molar-refractivity contribution is 0.318. The minimum Gasteiger partial charge on any atom is -0.508 e. The van der Waals surface area contributed by atoms with Gasteiger partial charge in [0.1, 0.15) is 17.2 Å². The van der Waals surface area contributed by atoms with Gasteiger partial charge in [0.25, 0.3) is 0 Å². The molecular formula is C54H78O3. The molecular weight excluding hydrogens is 697 g/mol. The normalized spacial score (nSPS) is 15.1. The van der Waals surface area contributed by atoms with E-state index in [0.29, 0.717) is 0 Å². The molecule has 4 aromatic carbocycles. The summed E-state index contributed by atoms with van der Waals surface area (Å²) in [5.41, 5.74) is 13.7. The Balaban J connectivity index is 2.52. The van der Waals surface area contributed by atoms with Crippen molar-refractivity contribution in [1.29, 1.82) is 0 Å². The van der Waals surface area contributed by atoms with Crippen LogP contribution in [0.4, 0.5) is 0 Å². The molecule has 3 unspecified atom stereocenters. The molecule has 4 rings (SSSR count). The molecule has 0 saturated carbocycles. The fourth-order valence-corrected chi connectivity index (χ4v) is 9.79. The zero-order valence-corrected chi connectivity index (χ0v) is 39.8. The molecule has 0 amide bonds. The Kier molecular flexibility index (Phi) is 12.2. The van der Waals surface area contributed by atoms with Crippen LogP contribution in [-0.4, -0.2) is 15.3 Å². The van der Waals surface area contributed by atoms with Crippen molar-refractivity contribution in [1.82, 2.24) is 0 Å². The third kappa shape index (κ3) is 9.29. The minimum atomic E-state index is -0.261. The van der Waals surface area contributed by atoms with Gasteiger partial charge < -0.3 is 15.3 Å². The molecule has 312 valence electrons. The van der Waals surface area contributed by atoms with Gasteiger partial charge in [-0.25, -0.2) is 0 Å². The second kappa shape index (κ2) is 15.1. The van der Waals surface area contributed by atoms with Crippen LogP contribution in [0.2, 0.25) is 0 Å². The first-order valence-electron chi connectivity index (χ1n) is 21.2. The molecule has 0 bridgehead atoms. The minimum absolute atomic E-state index is 0.0389. The summed E-state index contributed by atoms with van der Waals surface area (Å²) in [5.74, 6) is 0.707. The Morgan fingerprint density at radius 1 is 0.333 bits per heavy atom. The molecule has 0 saturated heterocycles. The molecule has 57 heavy (non-hydrogen) atoms. The number of phenols is 3. The largest absolute Gasteiger partial charge is 0.508 e. The third-order valence-electron chi connectivity index (χ3n) is 12.4. The van der Waals surface area contributed by atoms with Gasteiger partial charge in [0.2, 0.25) is 0 Å². The summed E-state index contributed by atoms with van der Waals surface area (Å²) in [5, 5.41) is 33.1. The Morgan fingerprint density at radius 3 is 0.772 bits per heavy atom. The molecule has 0 aromatic heterocycles. The summed E-state index contributed by atoms with van der Waals surface area (Å²) in [7, 11) is 0. The molecule has 0 aliphatic rings. The maximum absolute atomic E-state index is 11.1. The zero-order valence-electron chi connectivity index (χ0n) is 39.8. The molecule has 3 N–H and O–H groups in total. The summed E-state index contributed by atoms with van der Waals surface area (Å²) >= 11 is 0. The molecule has 0 aliphatic carbocycles. The van der Waals surface area contributed by atoms with Crippen LogP contribution in [0.5, 0.6) is 17.2 Å². The summed E-state index contributed by atoms with van der Waals surface area (Å²) in [6.45, 7) is 48.7. The van der Waals surface area contributed by atoms with Gasteiger partial charge in [-0.3, -0.25) is 0 Å². The number of rotatable bonds is 6. The van der Waals surface area contributed by atoms with Crippen molar-refractivity contribution in [2.45, 2.75) is 179 Å². The lowest BCUT2D eigenvalue weighted by Gasteiger charge is -2.46. The molecule has 3 heteroatoms. The van der Waals surface area contributed by atoms with Gasteiger partial charge in [-0.1, -0.05) is 143 Å². The molecule has 0 aliphatic heterocycles. The van der Waals surface area contributed by atoms with E-state index in [2.05, 4.69) is 164 Å². The Morgan fingerprint density at radius 2 is 0.561 bits per heavy atom. The molecule has 0 fully saturated rings. The van der Waals surface area contributed by atoms with Gasteiger partial charge in [0.05, 0.1) is 0 Å². The quantitative estimate of drug-likeness (QED) is 0.183. The van der Waals surface area contributed by atoms with Crippen LogP contribution in [0.1, 0.15) is 209 Å². The Hall–Kier alpha value is -3.72. The first-order chi connectivity index (χ1) is 25.6. The highest BCUT2D eigenvalue weighted by Gasteiger charge is 2.45. The van der Waals surface area contributed by atoms with E-state index < -0.39 is 0 Å². The van der Waals surface area contributed by atoms with Crippen LogP contribution < -0.4 is 0 Å². The first-order valence-corrected chi connectivity index (χ1v) is 21.2. The summed E-state index contributed by atoms with van der Waals surface area (Å²) in [4.78, 5) is 0. The van der Waals surface area contributed by atoms with Crippen LogP contribution in [0.3, 0.4) is 0 Å². The Labute approximate surface area is 348 Å². The van der Waals surface area contributed by atoms with Gasteiger partial charge in [-0.2, -0.15) is 0 Å². The fourth-order valence-electron chi connectivity index (χ4n) is 9.79. The second-order valence-electron chi connectivity index (χ2n) is 23.6. The van der Waals surface area contributed by atoms with Crippen molar-refractivity contribution in [2.75, 3.05) is 0 Å². The van der Waals surface area contributed by atoms with E-state index in [4.69, 9.17) is 0 Å². The number of benzene rings is 4. The van der Waals surface area contributed by atoms with Gasteiger partial charge in [-0.15, -0.1) is 0 Å². The van der Waals surface area contributed by atoms with Crippen LogP contribution in [0, 0.1) is 37.0 Å². The van der Waals surface area contributed by atoms with E-state index >= 15 is 0 Å². The second-order valence-corrected chi connectivity index (χ2v) is 23.6. The van der Waals surface area contributed by atoms with E-state index in [-0.39, 0.29) is 67.5 Å². The molecule has 3 atom stereocenters. The maximum Gasteiger partial charge on any atom is 0.115 e. The highest BCUT2D eigenvalue weighted by atomic mass is 16.3. The third-order valence-corrected chi connectivity index (χ3v) is 12.4. The monoisotopic (exact) mass is 775 g/mol. The van der Waals surface area contributed by atoms with Crippen molar-refractivity contribution in [3.8, 4) is 17.2 Å². The van der Waals surface area contributed by atoms with E-state index in [1.54, 1.807) is 0 Å². The Bertz CT molecular complexity index is 2000. The first kappa shape index (κ1) is 46.0. The van der Waals surface area contributed by atoms with Crippen LogP contribution in [0.15, 0.2) is 54.6 Å². The van der Waals surface area contributed by atoms with Gasteiger partial charge in [0.15, 0.2) is 0 Å². The number of phenolic OH excluding ortho intramolecular Hbond substituents is 3. The predicted octanol–water partition coefficient (Wildman–Crippen LogP) is 15.2. The van der Waals surface area contributed by atoms with Crippen molar-refractivity contribution < 1.29 is 15.3 Å². The molecule has 4 aromatic rings. The lowest BCUT2D eigenvalue weighted by atomic mass is 9.57. The maximum atomic E-state index is 11.1. The van der Waals surface area contributed by atoms with Crippen molar-refractivity contribution in [3.05, 3.63) is 121 Å².